The second kappa shape index (κ2) is 8.58. The lowest BCUT2D eigenvalue weighted by atomic mass is 10.1. The van der Waals surface area contributed by atoms with Crippen LogP contribution in [0.5, 0.6) is 0 Å². The van der Waals surface area contributed by atoms with Crippen molar-refractivity contribution in [1.29, 1.82) is 0 Å². The molecule has 3 aromatic carbocycles. The third-order valence-corrected chi connectivity index (χ3v) is 6.19. The zero-order chi connectivity index (χ0) is 22.9. The van der Waals surface area contributed by atoms with Crippen molar-refractivity contribution < 1.29 is 26.4 Å². The van der Waals surface area contributed by atoms with Gasteiger partial charge in [0.1, 0.15) is 22.8 Å². The van der Waals surface area contributed by atoms with Gasteiger partial charge in [0, 0.05) is 41.6 Å². The van der Waals surface area contributed by atoms with Gasteiger partial charge in [0.05, 0.1) is 11.9 Å². The minimum Gasteiger partial charge on any atom is -0.456 e. The Morgan fingerprint density at radius 1 is 1.00 bits per heavy atom. The monoisotopic (exact) mass is 458 g/mol. The molecule has 0 aliphatic carbocycles. The molecule has 4 rings (SSSR count). The van der Waals surface area contributed by atoms with E-state index in [1.165, 1.54) is 0 Å². The summed E-state index contributed by atoms with van der Waals surface area (Å²) in [6, 6.07) is 15.6. The summed E-state index contributed by atoms with van der Waals surface area (Å²) in [5, 5.41) is 4.67. The average Bonchev–Trinajstić information content (AvgIpc) is 3.09. The second-order valence-electron chi connectivity index (χ2n) is 7.39. The average molecular weight is 458 g/mol. The van der Waals surface area contributed by atoms with Crippen LogP contribution in [-0.4, -0.2) is 27.1 Å². The topological polar surface area (TPSA) is 79.6 Å². The van der Waals surface area contributed by atoms with Crippen molar-refractivity contribution in [1.82, 2.24) is 0 Å². The quantitative estimate of drug-likeness (QED) is 0.420. The molecule has 166 valence electrons. The van der Waals surface area contributed by atoms with E-state index in [0.717, 1.165) is 39.0 Å². The van der Waals surface area contributed by atoms with Crippen LogP contribution in [0, 0.1) is 11.6 Å². The van der Waals surface area contributed by atoms with Crippen LogP contribution in [0.25, 0.3) is 21.9 Å². The normalized spacial score (nSPS) is 11.7. The summed E-state index contributed by atoms with van der Waals surface area (Å²) in [5.74, 6) is -2.12. The molecule has 0 radical (unpaired) electrons. The van der Waals surface area contributed by atoms with Gasteiger partial charge in [0.15, 0.2) is 0 Å². The number of amides is 1. The number of benzene rings is 3. The fourth-order valence-electron chi connectivity index (χ4n) is 3.56. The molecule has 1 heterocycles. The minimum absolute atomic E-state index is 0.00695. The fourth-order valence-corrected chi connectivity index (χ4v) is 4.52. The molecular formula is C23H20F2N2O4S. The van der Waals surface area contributed by atoms with Crippen molar-refractivity contribution in [3.8, 4) is 0 Å². The van der Waals surface area contributed by atoms with Crippen molar-refractivity contribution in [2.75, 3.05) is 22.4 Å². The highest BCUT2D eigenvalue weighted by Gasteiger charge is 2.21. The van der Waals surface area contributed by atoms with Crippen molar-refractivity contribution in [2.45, 2.75) is 12.8 Å². The molecule has 0 bridgehead atoms. The lowest BCUT2D eigenvalue weighted by Crippen LogP contribution is -2.32. The first-order valence-corrected chi connectivity index (χ1v) is 11.7. The highest BCUT2D eigenvalue weighted by atomic mass is 32.2. The van der Waals surface area contributed by atoms with Crippen LogP contribution in [-0.2, 0) is 14.8 Å². The van der Waals surface area contributed by atoms with Crippen LogP contribution in [0.4, 0.5) is 20.2 Å². The number of anilines is 2. The van der Waals surface area contributed by atoms with Crippen LogP contribution in [0.3, 0.4) is 0 Å². The molecular weight excluding hydrogens is 438 g/mol. The molecule has 0 saturated carbocycles. The van der Waals surface area contributed by atoms with Crippen LogP contribution in [0.2, 0.25) is 0 Å². The summed E-state index contributed by atoms with van der Waals surface area (Å²) in [6.07, 6.45) is 1.08. The number of para-hydroxylation sites is 1. The molecule has 9 heteroatoms. The van der Waals surface area contributed by atoms with Crippen molar-refractivity contribution in [3.63, 3.8) is 0 Å². The van der Waals surface area contributed by atoms with Crippen LogP contribution in [0.1, 0.15) is 12.8 Å². The number of carbonyl (C=O) groups is 1. The molecule has 4 aromatic rings. The number of nitrogens with zero attached hydrogens (tertiary/aromatic N) is 1. The third-order valence-electron chi connectivity index (χ3n) is 5.01. The third kappa shape index (κ3) is 4.57. The summed E-state index contributed by atoms with van der Waals surface area (Å²) in [5.41, 5.74) is 1.68. The maximum Gasteiger partial charge on any atom is 0.232 e. The molecule has 1 N–H and O–H groups in total. The number of nitrogens with one attached hydrogen (secondary N) is 1. The van der Waals surface area contributed by atoms with Crippen molar-refractivity contribution >= 4 is 49.2 Å². The Labute approximate surface area is 183 Å². The lowest BCUT2D eigenvalue weighted by Gasteiger charge is -2.22. The minimum atomic E-state index is -3.82. The number of carbonyl (C=O) groups excluding carboxylic acids is 1. The van der Waals surface area contributed by atoms with E-state index in [-0.39, 0.29) is 31.0 Å². The number of rotatable bonds is 7. The summed E-state index contributed by atoms with van der Waals surface area (Å²) in [4.78, 5) is 12.4. The Morgan fingerprint density at radius 3 is 2.50 bits per heavy atom. The SMILES string of the molecule is CS(=O)(=O)N(CCCC(=O)Nc1ccc2c(c1)oc1ccccc12)c1ccc(F)cc1F. The molecule has 0 aliphatic heterocycles. The van der Waals surface area contributed by atoms with Crippen molar-refractivity contribution in [3.05, 3.63) is 72.3 Å². The van der Waals surface area contributed by atoms with Crippen molar-refractivity contribution in [2.24, 2.45) is 0 Å². The number of sulfonamides is 1. The maximum atomic E-state index is 14.1. The zero-order valence-electron chi connectivity index (χ0n) is 17.1. The Balaban J connectivity index is 1.42. The van der Waals surface area contributed by atoms with Crippen LogP contribution < -0.4 is 9.62 Å². The molecule has 0 spiro atoms. The molecule has 0 saturated heterocycles. The second-order valence-corrected chi connectivity index (χ2v) is 9.30. The van der Waals surface area contributed by atoms with Gasteiger partial charge in [-0.1, -0.05) is 18.2 Å². The van der Waals surface area contributed by atoms with Gasteiger partial charge in [-0.15, -0.1) is 0 Å². The summed E-state index contributed by atoms with van der Waals surface area (Å²) < 4.78 is 58.0. The smallest absolute Gasteiger partial charge is 0.232 e. The predicted octanol–water partition coefficient (Wildman–Crippen LogP) is 5.05. The van der Waals surface area contributed by atoms with E-state index in [4.69, 9.17) is 4.42 Å². The Hall–Kier alpha value is -3.46. The lowest BCUT2D eigenvalue weighted by molar-refractivity contribution is -0.116. The Kier molecular flexibility index (Phi) is 5.84. The molecule has 6 nitrogen and oxygen atoms in total. The van der Waals surface area contributed by atoms with Gasteiger partial charge in [-0.2, -0.15) is 0 Å². The molecule has 0 fully saturated rings. The molecule has 0 aliphatic rings. The summed E-state index contributed by atoms with van der Waals surface area (Å²) in [7, 11) is -3.82. The standard InChI is InChI=1S/C23H20F2N2O4S/c1-32(29,30)27(20-11-8-15(24)13-19(20)25)12-4-7-23(28)26-16-9-10-18-17-5-2-3-6-21(17)31-22(18)14-16/h2-3,5-6,8-11,13-14H,4,7,12H2,1H3,(H,26,28). The van der Waals surface area contributed by atoms with E-state index < -0.39 is 21.7 Å². The number of fused-ring (bicyclic) bond motifs is 3. The van der Waals surface area contributed by atoms with E-state index >= 15 is 0 Å². The van der Waals surface area contributed by atoms with E-state index in [1.807, 2.05) is 30.3 Å². The van der Waals surface area contributed by atoms with E-state index in [1.54, 1.807) is 12.1 Å². The first-order chi connectivity index (χ1) is 15.2. The van der Waals surface area contributed by atoms with Gasteiger partial charge < -0.3 is 9.73 Å². The molecule has 0 unspecified atom stereocenters. The highest BCUT2D eigenvalue weighted by molar-refractivity contribution is 7.92. The number of halogens is 2. The van der Waals surface area contributed by atoms with Gasteiger partial charge in [0.25, 0.3) is 0 Å². The highest BCUT2D eigenvalue weighted by Crippen LogP contribution is 2.30. The Morgan fingerprint density at radius 2 is 1.75 bits per heavy atom. The summed E-state index contributed by atoms with van der Waals surface area (Å²) in [6.45, 7) is -0.128. The molecule has 1 aromatic heterocycles. The van der Waals surface area contributed by atoms with E-state index in [0.29, 0.717) is 17.3 Å². The molecule has 1 amide bonds. The fraction of sp³-hybridized carbons (Fsp3) is 0.174. The van der Waals surface area contributed by atoms with Gasteiger partial charge in [0.2, 0.25) is 15.9 Å². The Bertz CT molecular complexity index is 1420. The first kappa shape index (κ1) is 21.8. The number of furan rings is 1. The van der Waals surface area contributed by atoms with E-state index in [9.17, 15) is 22.0 Å². The van der Waals surface area contributed by atoms with Gasteiger partial charge in [-0.05, 0) is 36.8 Å². The summed E-state index contributed by atoms with van der Waals surface area (Å²) >= 11 is 0. The number of hydrogen-bond donors (Lipinski definition) is 1. The largest absolute Gasteiger partial charge is 0.456 e. The molecule has 0 atom stereocenters. The maximum absolute atomic E-state index is 14.1. The van der Waals surface area contributed by atoms with Crippen LogP contribution in [0.15, 0.2) is 65.1 Å². The van der Waals surface area contributed by atoms with Crippen LogP contribution >= 0.6 is 0 Å². The van der Waals surface area contributed by atoms with Gasteiger partial charge in [-0.25, -0.2) is 17.2 Å². The number of hydrogen-bond acceptors (Lipinski definition) is 4. The van der Waals surface area contributed by atoms with E-state index in [2.05, 4.69) is 5.32 Å². The molecule has 32 heavy (non-hydrogen) atoms. The first-order valence-electron chi connectivity index (χ1n) is 9.86. The predicted molar refractivity (Wildman–Crippen MR) is 120 cm³/mol. The van der Waals surface area contributed by atoms with Gasteiger partial charge in [-0.3, -0.25) is 9.10 Å². The zero-order valence-corrected chi connectivity index (χ0v) is 18.0. The van der Waals surface area contributed by atoms with Gasteiger partial charge >= 0.3 is 0 Å².